The van der Waals surface area contributed by atoms with Crippen LogP contribution < -0.4 is 14.8 Å². The molecule has 1 atom stereocenters. The van der Waals surface area contributed by atoms with E-state index in [2.05, 4.69) is 5.32 Å². The van der Waals surface area contributed by atoms with Crippen molar-refractivity contribution in [2.45, 2.75) is 38.4 Å². The Hall–Kier alpha value is -3.28. The van der Waals surface area contributed by atoms with Crippen LogP contribution in [0, 0.1) is 0 Å². The Labute approximate surface area is 169 Å². The lowest BCUT2D eigenvalue weighted by molar-refractivity contribution is -0.144. The molecular formula is C23H23NO5. The van der Waals surface area contributed by atoms with E-state index >= 15 is 0 Å². The van der Waals surface area contributed by atoms with E-state index < -0.39 is 17.5 Å². The van der Waals surface area contributed by atoms with Gasteiger partial charge in [-0.2, -0.15) is 0 Å². The van der Waals surface area contributed by atoms with Crippen LogP contribution in [-0.4, -0.2) is 24.6 Å². The molecule has 1 amide bonds. The largest absolute Gasteiger partial charge is 0.493 e. The summed E-state index contributed by atoms with van der Waals surface area (Å²) in [6.45, 7) is 3.94. The molecule has 2 aliphatic rings. The maximum Gasteiger partial charge on any atom is 0.337 e. The summed E-state index contributed by atoms with van der Waals surface area (Å²) < 4.78 is 16.9. The van der Waals surface area contributed by atoms with Crippen molar-refractivity contribution >= 4 is 11.9 Å². The Bertz CT molecular complexity index is 994. The molecule has 0 aromatic heterocycles. The third-order valence-electron chi connectivity index (χ3n) is 5.27. The highest BCUT2D eigenvalue weighted by Gasteiger charge is 2.47. The van der Waals surface area contributed by atoms with Gasteiger partial charge in [-0.15, -0.1) is 0 Å². The number of carbonyl (C=O) groups is 2. The fourth-order valence-electron chi connectivity index (χ4n) is 3.82. The predicted octanol–water partition coefficient (Wildman–Crippen LogP) is 3.47. The number of hydrogen-bond acceptors (Lipinski definition) is 5. The summed E-state index contributed by atoms with van der Waals surface area (Å²) in [6, 6.07) is 15.3. The molecule has 150 valence electrons. The molecule has 6 heteroatoms. The van der Waals surface area contributed by atoms with Crippen molar-refractivity contribution in [1.29, 1.82) is 0 Å². The van der Waals surface area contributed by atoms with E-state index in [1.54, 1.807) is 27.0 Å². The van der Waals surface area contributed by atoms with Crippen LogP contribution >= 0.6 is 0 Å². The van der Waals surface area contributed by atoms with Crippen LogP contribution in [-0.2, 0) is 20.9 Å². The van der Waals surface area contributed by atoms with Crippen LogP contribution in [0.2, 0.25) is 0 Å². The van der Waals surface area contributed by atoms with Gasteiger partial charge in [-0.05, 0) is 37.1 Å². The lowest BCUT2D eigenvalue weighted by Gasteiger charge is -2.27. The number of hydrogen-bond donors (Lipinski definition) is 1. The molecule has 6 nitrogen and oxygen atoms in total. The standard InChI is InChI=1S/C23H23NO5/c1-23(2)21-20(22(26)29-23)16(12-19(25)24-21)15-9-10-17(27-3)18(11-15)28-13-14-7-5-4-6-8-14/h4-11,16H,12-13H2,1-3H3,(H,24,25)/t16-/m0/s1. The number of rotatable bonds is 5. The molecule has 0 saturated heterocycles. The monoisotopic (exact) mass is 393 g/mol. The number of benzene rings is 2. The Balaban J connectivity index is 1.68. The van der Waals surface area contributed by atoms with Gasteiger partial charge in [0.2, 0.25) is 5.91 Å². The quantitative estimate of drug-likeness (QED) is 0.788. The fraction of sp³-hybridized carbons (Fsp3) is 0.304. The molecule has 0 fully saturated rings. The normalized spacial score (nSPS) is 20.0. The molecule has 0 unspecified atom stereocenters. The van der Waals surface area contributed by atoms with Gasteiger partial charge in [0, 0.05) is 12.3 Å². The van der Waals surface area contributed by atoms with E-state index in [1.807, 2.05) is 42.5 Å². The fourth-order valence-corrected chi connectivity index (χ4v) is 3.82. The van der Waals surface area contributed by atoms with E-state index in [9.17, 15) is 9.59 Å². The topological polar surface area (TPSA) is 73.9 Å². The minimum absolute atomic E-state index is 0.136. The van der Waals surface area contributed by atoms with Gasteiger partial charge in [0.15, 0.2) is 11.5 Å². The highest BCUT2D eigenvalue weighted by molar-refractivity contribution is 5.99. The summed E-state index contributed by atoms with van der Waals surface area (Å²) in [5, 5.41) is 2.82. The van der Waals surface area contributed by atoms with Gasteiger partial charge in [0.25, 0.3) is 0 Å². The molecule has 0 bridgehead atoms. The first-order valence-electron chi connectivity index (χ1n) is 9.51. The summed E-state index contributed by atoms with van der Waals surface area (Å²) in [5.74, 6) is 0.236. The molecular weight excluding hydrogens is 370 g/mol. The summed E-state index contributed by atoms with van der Waals surface area (Å²) in [4.78, 5) is 24.9. The van der Waals surface area contributed by atoms with Crippen molar-refractivity contribution in [3.8, 4) is 11.5 Å². The summed E-state index contributed by atoms with van der Waals surface area (Å²) >= 11 is 0. The highest BCUT2D eigenvalue weighted by atomic mass is 16.6. The Morgan fingerprint density at radius 1 is 1.10 bits per heavy atom. The first-order valence-corrected chi connectivity index (χ1v) is 9.51. The molecule has 2 heterocycles. The van der Waals surface area contributed by atoms with Crippen molar-refractivity contribution in [3.05, 3.63) is 70.9 Å². The molecule has 2 aliphatic heterocycles. The van der Waals surface area contributed by atoms with E-state index in [-0.39, 0.29) is 12.3 Å². The average molecular weight is 393 g/mol. The maximum absolute atomic E-state index is 12.5. The number of methoxy groups -OCH3 is 1. The predicted molar refractivity (Wildman–Crippen MR) is 106 cm³/mol. The molecule has 2 aromatic rings. The lowest BCUT2D eigenvalue weighted by Crippen LogP contribution is -2.38. The number of amides is 1. The minimum Gasteiger partial charge on any atom is -0.493 e. The highest BCUT2D eigenvalue weighted by Crippen LogP contribution is 2.44. The number of ether oxygens (including phenoxy) is 3. The van der Waals surface area contributed by atoms with Crippen LogP contribution in [0.25, 0.3) is 0 Å². The van der Waals surface area contributed by atoms with Crippen LogP contribution in [0.15, 0.2) is 59.8 Å². The Morgan fingerprint density at radius 2 is 1.86 bits per heavy atom. The zero-order chi connectivity index (χ0) is 20.6. The van der Waals surface area contributed by atoms with Crippen molar-refractivity contribution in [1.82, 2.24) is 5.32 Å². The van der Waals surface area contributed by atoms with Crippen LogP contribution in [0.4, 0.5) is 0 Å². The van der Waals surface area contributed by atoms with Gasteiger partial charge in [0.1, 0.15) is 12.2 Å². The SMILES string of the molecule is COc1ccc([C@@H]2CC(=O)NC3=C2C(=O)OC3(C)C)cc1OCc1ccccc1. The molecule has 29 heavy (non-hydrogen) atoms. The number of nitrogens with one attached hydrogen (secondary N) is 1. The second-order valence-electron chi connectivity index (χ2n) is 7.68. The molecule has 2 aromatic carbocycles. The lowest BCUT2D eigenvalue weighted by atomic mass is 9.82. The first-order chi connectivity index (χ1) is 13.9. The molecule has 0 spiro atoms. The molecule has 0 saturated carbocycles. The second-order valence-corrected chi connectivity index (χ2v) is 7.68. The number of esters is 1. The van der Waals surface area contributed by atoms with Crippen LogP contribution in [0.5, 0.6) is 11.5 Å². The van der Waals surface area contributed by atoms with Crippen molar-refractivity contribution in [2.75, 3.05) is 7.11 Å². The third-order valence-corrected chi connectivity index (χ3v) is 5.27. The number of carbonyl (C=O) groups excluding carboxylic acids is 2. The van der Waals surface area contributed by atoms with E-state index in [4.69, 9.17) is 14.2 Å². The van der Waals surface area contributed by atoms with Crippen LogP contribution in [0.1, 0.15) is 37.3 Å². The van der Waals surface area contributed by atoms with Gasteiger partial charge in [-0.3, -0.25) is 4.79 Å². The molecule has 4 rings (SSSR count). The molecule has 0 radical (unpaired) electrons. The minimum atomic E-state index is -0.847. The van der Waals surface area contributed by atoms with Crippen molar-refractivity contribution in [2.24, 2.45) is 0 Å². The van der Waals surface area contributed by atoms with Crippen molar-refractivity contribution in [3.63, 3.8) is 0 Å². The number of cyclic esters (lactones) is 1. The van der Waals surface area contributed by atoms with E-state index in [0.29, 0.717) is 29.4 Å². The van der Waals surface area contributed by atoms with E-state index in [1.165, 1.54) is 0 Å². The Kier molecular flexibility index (Phi) is 4.78. The zero-order valence-corrected chi connectivity index (χ0v) is 16.7. The zero-order valence-electron chi connectivity index (χ0n) is 16.7. The summed E-state index contributed by atoms with van der Waals surface area (Å²) in [6.07, 6.45) is 0.175. The molecule has 1 N–H and O–H groups in total. The second kappa shape index (κ2) is 7.28. The van der Waals surface area contributed by atoms with Crippen molar-refractivity contribution < 1.29 is 23.8 Å². The van der Waals surface area contributed by atoms with Gasteiger partial charge < -0.3 is 19.5 Å². The summed E-state index contributed by atoms with van der Waals surface area (Å²) in [7, 11) is 1.58. The summed E-state index contributed by atoms with van der Waals surface area (Å²) in [5.41, 5.74) is 2.05. The average Bonchev–Trinajstić information content (AvgIpc) is 2.94. The maximum atomic E-state index is 12.5. The van der Waals surface area contributed by atoms with Gasteiger partial charge in [0.05, 0.1) is 18.4 Å². The van der Waals surface area contributed by atoms with E-state index in [0.717, 1.165) is 11.1 Å². The van der Waals surface area contributed by atoms with Gasteiger partial charge in [-0.1, -0.05) is 36.4 Å². The van der Waals surface area contributed by atoms with Gasteiger partial charge in [-0.25, -0.2) is 4.79 Å². The molecule has 0 aliphatic carbocycles. The van der Waals surface area contributed by atoms with Gasteiger partial charge >= 0.3 is 5.97 Å². The van der Waals surface area contributed by atoms with Crippen LogP contribution in [0.3, 0.4) is 0 Å². The first kappa shape index (κ1) is 19.1. The smallest absolute Gasteiger partial charge is 0.337 e. The third kappa shape index (κ3) is 3.58. The Morgan fingerprint density at radius 3 is 2.59 bits per heavy atom.